The minimum Gasteiger partial charge on any atom is -0.489 e. The minimum absolute atomic E-state index is 0.00272. The number of hydrogen-bond acceptors (Lipinski definition) is 4. The Kier molecular flexibility index (Phi) is 8.14. The summed E-state index contributed by atoms with van der Waals surface area (Å²) >= 11 is 0. The molecule has 0 radical (unpaired) electrons. The molecular weight excluding hydrogens is 438 g/mol. The summed E-state index contributed by atoms with van der Waals surface area (Å²) in [4.78, 5) is 23.3. The number of carbonyl (C=O) groups excluding carboxylic acids is 1. The van der Waals surface area contributed by atoms with E-state index in [-0.39, 0.29) is 11.7 Å². The van der Waals surface area contributed by atoms with Gasteiger partial charge in [-0.25, -0.2) is 8.93 Å². The first-order chi connectivity index (χ1) is 15.7. The third kappa shape index (κ3) is 6.60. The Morgan fingerprint density at radius 1 is 0.970 bits per heavy atom. The number of rotatable bonds is 10. The topological polar surface area (TPSA) is 92.7 Å². The molecule has 0 fully saturated rings. The predicted molar refractivity (Wildman–Crippen MR) is 128 cm³/mol. The highest BCUT2D eigenvalue weighted by Crippen LogP contribution is 2.22. The molecule has 0 aromatic heterocycles. The summed E-state index contributed by atoms with van der Waals surface area (Å²) in [5.74, 6) is -0.569. The maximum Gasteiger partial charge on any atom is 0.321 e. The SMILES string of the molecule is CC(=O)c1cccc(OCc2ccc(-c3ccc(S(=O)NC(C(=O)O)C(C)C)cc3)cc2)c1. The van der Waals surface area contributed by atoms with Crippen molar-refractivity contribution in [1.29, 1.82) is 0 Å². The Balaban J connectivity index is 1.62. The molecule has 3 aromatic carbocycles. The van der Waals surface area contributed by atoms with Gasteiger partial charge in [-0.05, 0) is 53.8 Å². The molecule has 0 spiro atoms. The van der Waals surface area contributed by atoms with E-state index in [2.05, 4.69) is 4.72 Å². The smallest absolute Gasteiger partial charge is 0.321 e. The van der Waals surface area contributed by atoms with Crippen molar-refractivity contribution in [2.75, 3.05) is 0 Å². The van der Waals surface area contributed by atoms with E-state index >= 15 is 0 Å². The summed E-state index contributed by atoms with van der Waals surface area (Å²) in [6.07, 6.45) is 0. The van der Waals surface area contributed by atoms with E-state index < -0.39 is 23.0 Å². The Morgan fingerprint density at radius 3 is 2.12 bits per heavy atom. The molecule has 0 saturated carbocycles. The zero-order chi connectivity index (χ0) is 24.0. The number of nitrogens with one attached hydrogen (secondary N) is 1. The van der Waals surface area contributed by atoms with Gasteiger partial charge in [-0.1, -0.05) is 62.4 Å². The predicted octanol–water partition coefficient (Wildman–Crippen LogP) is 4.86. The van der Waals surface area contributed by atoms with Crippen molar-refractivity contribution >= 4 is 22.7 Å². The second-order valence-corrected chi connectivity index (χ2v) is 9.29. The third-order valence-corrected chi connectivity index (χ3v) is 6.34. The fraction of sp³-hybridized carbons (Fsp3) is 0.231. The van der Waals surface area contributed by atoms with Crippen LogP contribution in [0, 0.1) is 5.92 Å². The number of carbonyl (C=O) groups is 2. The lowest BCUT2D eigenvalue weighted by Gasteiger charge is -2.17. The molecule has 0 saturated heterocycles. The van der Waals surface area contributed by atoms with Gasteiger partial charge in [0.2, 0.25) is 0 Å². The van der Waals surface area contributed by atoms with Gasteiger partial charge >= 0.3 is 5.97 Å². The zero-order valence-corrected chi connectivity index (χ0v) is 19.6. The minimum atomic E-state index is -1.62. The average Bonchev–Trinajstić information content (AvgIpc) is 2.81. The van der Waals surface area contributed by atoms with Crippen LogP contribution in [0.4, 0.5) is 0 Å². The van der Waals surface area contributed by atoms with E-state index in [4.69, 9.17) is 4.74 Å². The van der Waals surface area contributed by atoms with Crippen LogP contribution >= 0.6 is 0 Å². The van der Waals surface area contributed by atoms with Gasteiger partial charge in [0, 0.05) is 5.56 Å². The molecule has 0 bridgehead atoms. The fourth-order valence-electron chi connectivity index (χ4n) is 3.19. The molecule has 3 rings (SSSR count). The van der Waals surface area contributed by atoms with Crippen LogP contribution in [0.25, 0.3) is 11.1 Å². The van der Waals surface area contributed by atoms with Gasteiger partial charge in [0.1, 0.15) is 29.4 Å². The van der Waals surface area contributed by atoms with Crippen molar-refractivity contribution in [3.63, 3.8) is 0 Å². The first-order valence-corrected chi connectivity index (χ1v) is 11.7. The number of benzene rings is 3. The number of ketones is 1. The number of hydrogen-bond donors (Lipinski definition) is 2. The molecule has 0 heterocycles. The summed E-state index contributed by atoms with van der Waals surface area (Å²) < 4.78 is 21.0. The fourth-order valence-corrected chi connectivity index (χ4v) is 4.31. The van der Waals surface area contributed by atoms with Crippen LogP contribution in [-0.4, -0.2) is 27.1 Å². The summed E-state index contributed by atoms with van der Waals surface area (Å²) in [5, 5.41) is 9.27. The number of Topliss-reactive ketones (excluding diaryl/α,β-unsaturated/α-hetero) is 1. The number of carboxylic acids is 1. The molecule has 2 N–H and O–H groups in total. The van der Waals surface area contributed by atoms with Gasteiger partial charge < -0.3 is 9.84 Å². The molecule has 7 heteroatoms. The lowest BCUT2D eigenvalue weighted by Crippen LogP contribution is -2.41. The third-order valence-electron chi connectivity index (χ3n) is 5.17. The molecule has 33 heavy (non-hydrogen) atoms. The van der Waals surface area contributed by atoms with Crippen molar-refractivity contribution in [3.05, 3.63) is 83.9 Å². The van der Waals surface area contributed by atoms with Gasteiger partial charge in [0.15, 0.2) is 5.78 Å². The monoisotopic (exact) mass is 465 g/mol. The molecule has 172 valence electrons. The highest BCUT2D eigenvalue weighted by Gasteiger charge is 2.23. The molecule has 0 aliphatic heterocycles. The maximum absolute atomic E-state index is 12.5. The quantitative estimate of drug-likeness (QED) is 0.417. The Labute approximate surface area is 196 Å². The Bertz CT molecular complexity index is 1140. The van der Waals surface area contributed by atoms with Crippen molar-refractivity contribution < 1.29 is 23.6 Å². The van der Waals surface area contributed by atoms with Crippen molar-refractivity contribution in [2.24, 2.45) is 5.92 Å². The highest BCUT2D eigenvalue weighted by molar-refractivity contribution is 7.83. The van der Waals surface area contributed by atoms with Crippen LogP contribution in [0.3, 0.4) is 0 Å². The van der Waals surface area contributed by atoms with Crippen LogP contribution in [0.5, 0.6) is 5.75 Å². The van der Waals surface area contributed by atoms with E-state index in [1.807, 2.05) is 42.5 Å². The normalized spacial score (nSPS) is 12.8. The second kappa shape index (κ2) is 11.0. The largest absolute Gasteiger partial charge is 0.489 e. The van der Waals surface area contributed by atoms with Gasteiger partial charge in [-0.2, -0.15) is 0 Å². The van der Waals surface area contributed by atoms with Crippen LogP contribution in [0.2, 0.25) is 0 Å². The highest BCUT2D eigenvalue weighted by atomic mass is 32.2. The number of aliphatic carboxylic acids is 1. The lowest BCUT2D eigenvalue weighted by atomic mass is 10.0. The first kappa shape index (κ1) is 24.4. The maximum atomic E-state index is 12.5. The van der Waals surface area contributed by atoms with Gasteiger partial charge in [-0.15, -0.1) is 0 Å². The second-order valence-electron chi connectivity index (χ2n) is 8.04. The van der Waals surface area contributed by atoms with Crippen LogP contribution in [0.15, 0.2) is 77.7 Å². The lowest BCUT2D eigenvalue weighted by molar-refractivity contribution is -0.140. The Morgan fingerprint density at radius 2 is 1.58 bits per heavy atom. The van der Waals surface area contributed by atoms with Crippen molar-refractivity contribution in [3.8, 4) is 16.9 Å². The van der Waals surface area contributed by atoms with E-state index in [1.54, 1.807) is 44.2 Å². The average molecular weight is 466 g/mol. The van der Waals surface area contributed by atoms with E-state index in [0.717, 1.165) is 16.7 Å². The van der Waals surface area contributed by atoms with E-state index in [1.165, 1.54) is 6.92 Å². The summed E-state index contributed by atoms with van der Waals surface area (Å²) in [7, 11) is -1.62. The molecule has 2 unspecified atom stereocenters. The van der Waals surface area contributed by atoms with Crippen LogP contribution < -0.4 is 9.46 Å². The van der Waals surface area contributed by atoms with Crippen molar-refractivity contribution in [1.82, 2.24) is 4.72 Å². The van der Waals surface area contributed by atoms with Crippen molar-refractivity contribution in [2.45, 2.75) is 38.3 Å². The Hall–Kier alpha value is -3.29. The molecule has 3 aromatic rings. The first-order valence-electron chi connectivity index (χ1n) is 10.6. The van der Waals surface area contributed by atoms with Crippen LogP contribution in [-0.2, 0) is 22.4 Å². The number of ether oxygens (including phenoxy) is 1. The molecular formula is C26H27NO5S. The summed E-state index contributed by atoms with van der Waals surface area (Å²) in [6.45, 7) is 5.44. The molecule has 0 aliphatic rings. The van der Waals surface area contributed by atoms with E-state index in [9.17, 15) is 18.9 Å². The zero-order valence-electron chi connectivity index (χ0n) is 18.8. The van der Waals surface area contributed by atoms with Gasteiger partial charge in [-0.3, -0.25) is 9.59 Å². The molecule has 0 amide bonds. The molecule has 6 nitrogen and oxygen atoms in total. The standard InChI is InChI=1S/C26H27NO5S/c1-17(2)25(26(29)30)27-33(31)24-13-11-21(12-14-24)20-9-7-19(8-10-20)16-32-23-6-4-5-22(15-23)18(3)28/h4-15,17,25,27H,16H2,1-3H3,(H,29,30). The van der Waals surface area contributed by atoms with Crippen LogP contribution in [0.1, 0.15) is 36.7 Å². The van der Waals surface area contributed by atoms with E-state index in [0.29, 0.717) is 22.8 Å². The van der Waals surface area contributed by atoms with Gasteiger partial charge in [0.05, 0.1) is 4.90 Å². The molecule has 2 atom stereocenters. The number of carboxylic acid groups (broad SMARTS) is 1. The summed E-state index contributed by atoms with van der Waals surface area (Å²) in [6, 6.07) is 21.3. The summed E-state index contributed by atoms with van der Waals surface area (Å²) in [5.41, 5.74) is 3.55. The van der Waals surface area contributed by atoms with Gasteiger partial charge in [0.25, 0.3) is 0 Å². The molecule has 0 aliphatic carbocycles.